The Morgan fingerprint density at radius 3 is 2.71 bits per heavy atom. The zero-order valence-corrected chi connectivity index (χ0v) is 13.2. The van der Waals surface area contributed by atoms with Gasteiger partial charge in [0.15, 0.2) is 5.69 Å². The highest BCUT2D eigenvalue weighted by Crippen LogP contribution is 2.42. The van der Waals surface area contributed by atoms with E-state index in [1.165, 1.54) is 4.68 Å². The van der Waals surface area contributed by atoms with Gasteiger partial charge in [-0.15, -0.1) is 0 Å². The third kappa shape index (κ3) is 3.77. The number of alkyl halides is 3. The fraction of sp³-hybridized carbons (Fsp3) is 0.412. The van der Waals surface area contributed by atoms with Crippen LogP contribution in [-0.4, -0.2) is 22.2 Å². The maximum atomic E-state index is 12.8. The van der Waals surface area contributed by atoms with E-state index in [0.29, 0.717) is 11.3 Å². The first kappa shape index (κ1) is 16.5. The summed E-state index contributed by atoms with van der Waals surface area (Å²) in [6.45, 7) is 2.34. The Morgan fingerprint density at radius 2 is 2.08 bits per heavy atom. The average Bonchev–Trinajstić information content (AvgIpc) is 3.26. The smallest absolute Gasteiger partial charge is 0.350 e. The number of carbonyl (C=O) groups excluding carboxylic acids is 1. The van der Waals surface area contributed by atoms with Gasteiger partial charge in [-0.3, -0.25) is 9.48 Å². The van der Waals surface area contributed by atoms with Gasteiger partial charge in [0.1, 0.15) is 0 Å². The first-order valence-corrected chi connectivity index (χ1v) is 7.84. The molecule has 2 aromatic rings. The van der Waals surface area contributed by atoms with Crippen molar-refractivity contribution in [2.24, 2.45) is 0 Å². The molecule has 0 radical (unpaired) electrons. The minimum Gasteiger partial charge on any atom is -0.350 e. The second-order valence-corrected chi connectivity index (χ2v) is 6.07. The van der Waals surface area contributed by atoms with Crippen molar-refractivity contribution in [2.45, 2.75) is 38.4 Å². The van der Waals surface area contributed by atoms with Gasteiger partial charge in [-0.05, 0) is 38.0 Å². The average molecular weight is 337 g/mol. The summed E-state index contributed by atoms with van der Waals surface area (Å²) in [6.07, 6.45) is -2.67. The second-order valence-electron chi connectivity index (χ2n) is 6.07. The number of nitrogens with zero attached hydrogens (tertiary/aromatic N) is 2. The normalized spacial score (nSPS) is 14.7. The lowest BCUT2D eigenvalue weighted by atomic mass is 10.1. The fourth-order valence-electron chi connectivity index (χ4n) is 2.62. The molecule has 1 aliphatic rings. The first-order chi connectivity index (χ1) is 11.3. The predicted molar refractivity (Wildman–Crippen MR) is 82.7 cm³/mol. The zero-order valence-electron chi connectivity index (χ0n) is 13.2. The van der Waals surface area contributed by atoms with Gasteiger partial charge in [0.05, 0.1) is 6.54 Å². The third-order valence-electron chi connectivity index (χ3n) is 3.99. The molecule has 1 N–H and O–H groups in total. The maximum absolute atomic E-state index is 12.8. The summed E-state index contributed by atoms with van der Waals surface area (Å²) < 4.78 is 39.9. The van der Waals surface area contributed by atoms with Crippen LogP contribution in [0.4, 0.5) is 13.2 Å². The SMILES string of the molecule is Cc1cccc(C(=O)NCCn2nc(C(F)(F)F)cc2C2CC2)c1. The van der Waals surface area contributed by atoms with E-state index in [2.05, 4.69) is 10.4 Å². The standard InChI is InChI=1S/C17H18F3N3O/c1-11-3-2-4-13(9-11)16(24)21-7-8-23-14(12-5-6-12)10-15(22-23)17(18,19)20/h2-4,9-10,12H,5-8H2,1H3,(H,21,24). The molecular weight excluding hydrogens is 319 g/mol. The lowest BCUT2D eigenvalue weighted by Gasteiger charge is -2.09. The summed E-state index contributed by atoms with van der Waals surface area (Å²) in [6, 6.07) is 8.27. The highest BCUT2D eigenvalue weighted by atomic mass is 19.4. The Morgan fingerprint density at radius 1 is 1.33 bits per heavy atom. The maximum Gasteiger partial charge on any atom is 0.435 e. The molecule has 0 saturated heterocycles. The summed E-state index contributed by atoms with van der Waals surface area (Å²) in [5, 5.41) is 6.39. The topological polar surface area (TPSA) is 46.9 Å². The first-order valence-electron chi connectivity index (χ1n) is 7.84. The van der Waals surface area contributed by atoms with Crippen LogP contribution in [0, 0.1) is 6.92 Å². The lowest BCUT2D eigenvalue weighted by Crippen LogP contribution is -2.28. The molecule has 24 heavy (non-hydrogen) atoms. The van der Waals surface area contributed by atoms with Crippen LogP contribution in [0.1, 0.15) is 46.1 Å². The summed E-state index contributed by atoms with van der Waals surface area (Å²) in [7, 11) is 0. The Kier molecular flexibility index (Phi) is 4.34. The van der Waals surface area contributed by atoms with Crippen molar-refractivity contribution < 1.29 is 18.0 Å². The van der Waals surface area contributed by atoms with E-state index in [1.54, 1.807) is 18.2 Å². The van der Waals surface area contributed by atoms with Crippen LogP contribution in [0.3, 0.4) is 0 Å². The van der Waals surface area contributed by atoms with Gasteiger partial charge in [-0.25, -0.2) is 0 Å². The number of hydrogen-bond acceptors (Lipinski definition) is 2. The number of carbonyl (C=O) groups is 1. The molecule has 0 aliphatic heterocycles. The van der Waals surface area contributed by atoms with Crippen LogP contribution in [0.25, 0.3) is 0 Å². The molecule has 0 spiro atoms. The van der Waals surface area contributed by atoms with Crippen molar-refractivity contribution in [1.82, 2.24) is 15.1 Å². The van der Waals surface area contributed by atoms with Gasteiger partial charge in [-0.2, -0.15) is 18.3 Å². The Labute approximate surface area is 137 Å². The van der Waals surface area contributed by atoms with Crippen LogP contribution in [0.15, 0.2) is 30.3 Å². The van der Waals surface area contributed by atoms with Crippen molar-refractivity contribution in [3.8, 4) is 0 Å². The van der Waals surface area contributed by atoms with Crippen LogP contribution >= 0.6 is 0 Å². The van der Waals surface area contributed by atoms with Crippen molar-refractivity contribution in [1.29, 1.82) is 0 Å². The quantitative estimate of drug-likeness (QED) is 0.907. The number of rotatable bonds is 5. The molecular formula is C17H18F3N3O. The van der Waals surface area contributed by atoms with E-state index in [9.17, 15) is 18.0 Å². The molecule has 3 rings (SSSR count). The number of benzene rings is 1. The van der Waals surface area contributed by atoms with Crippen molar-refractivity contribution in [2.75, 3.05) is 6.54 Å². The van der Waals surface area contributed by atoms with Crippen molar-refractivity contribution in [3.05, 3.63) is 52.8 Å². The highest BCUT2D eigenvalue weighted by molar-refractivity contribution is 5.94. The van der Waals surface area contributed by atoms with Gasteiger partial charge >= 0.3 is 6.18 Å². The summed E-state index contributed by atoms with van der Waals surface area (Å²) in [5.74, 6) is -0.0871. The Balaban J connectivity index is 1.64. The largest absolute Gasteiger partial charge is 0.435 e. The molecule has 1 saturated carbocycles. The van der Waals surface area contributed by atoms with E-state index in [4.69, 9.17) is 0 Å². The van der Waals surface area contributed by atoms with Crippen LogP contribution < -0.4 is 5.32 Å². The summed E-state index contributed by atoms with van der Waals surface area (Å²) in [4.78, 5) is 12.1. The van der Waals surface area contributed by atoms with Gasteiger partial charge < -0.3 is 5.32 Å². The Hall–Kier alpha value is -2.31. The van der Waals surface area contributed by atoms with Gasteiger partial charge in [-0.1, -0.05) is 17.7 Å². The molecule has 0 bridgehead atoms. The van der Waals surface area contributed by atoms with E-state index in [0.717, 1.165) is 24.5 Å². The molecule has 4 nitrogen and oxygen atoms in total. The van der Waals surface area contributed by atoms with E-state index < -0.39 is 11.9 Å². The number of amides is 1. The van der Waals surface area contributed by atoms with E-state index in [1.807, 2.05) is 13.0 Å². The molecule has 1 aromatic carbocycles. The molecule has 1 fully saturated rings. The summed E-state index contributed by atoms with van der Waals surface area (Å²) in [5.41, 5.74) is 1.25. The minimum atomic E-state index is -4.44. The highest BCUT2D eigenvalue weighted by Gasteiger charge is 2.37. The predicted octanol–water partition coefficient (Wildman–Crippen LogP) is 3.52. The molecule has 0 atom stereocenters. The Bertz CT molecular complexity index is 748. The molecule has 1 amide bonds. The zero-order chi connectivity index (χ0) is 17.3. The van der Waals surface area contributed by atoms with Crippen LogP contribution in [0.5, 0.6) is 0 Å². The third-order valence-corrected chi connectivity index (χ3v) is 3.99. The van der Waals surface area contributed by atoms with Crippen LogP contribution in [0.2, 0.25) is 0 Å². The number of halogens is 3. The van der Waals surface area contributed by atoms with Crippen molar-refractivity contribution in [3.63, 3.8) is 0 Å². The van der Waals surface area contributed by atoms with Crippen molar-refractivity contribution >= 4 is 5.91 Å². The monoisotopic (exact) mass is 337 g/mol. The molecule has 0 unspecified atom stereocenters. The van der Waals surface area contributed by atoms with Gasteiger partial charge in [0.25, 0.3) is 5.91 Å². The van der Waals surface area contributed by atoms with Gasteiger partial charge in [0.2, 0.25) is 0 Å². The van der Waals surface area contributed by atoms with E-state index >= 15 is 0 Å². The number of nitrogens with one attached hydrogen (secondary N) is 1. The van der Waals surface area contributed by atoms with E-state index in [-0.39, 0.29) is 24.9 Å². The number of aromatic nitrogens is 2. The number of aryl methyl sites for hydroxylation is 1. The lowest BCUT2D eigenvalue weighted by molar-refractivity contribution is -0.141. The molecule has 1 aliphatic carbocycles. The molecule has 128 valence electrons. The fourth-order valence-corrected chi connectivity index (χ4v) is 2.62. The molecule has 1 aromatic heterocycles. The molecule has 7 heteroatoms. The summed E-state index contributed by atoms with van der Waals surface area (Å²) >= 11 is 0. The minimum absolute atomic E-state index is 0.154. The van der Waals surface area contributed by atoms with Gasteiger partial charge in [0, 0.05) is 23.7 Å². The molecule has 1 heterocycles. The number of hydrogen-bond donors (Lipinski definition) is 1. The second kappa shape index (κ2) is 6.30. The van der Waals surface area contributed by atoms with Crippen LogP contribution in [-0.2, 0) is 12.7 Å².